The monoisotopic (exact) mass is 532 g/mol. The van der Waals surface area contributed by atoms with Gasteiger partial charge in [-0.1, -0.05) is 13.8 Å². The number of nitrogens with one attached hydrogen (secondary N) is 2. The first kappa shape index (κ1) is 29.8. The van der Waals surface area contributed by atoms with Crippen LogP contribution >= 0.6 is 0 Å². The van der Waals surface area contributed by atoms with Crippen LogP contribution in [-0.4, -0.2) is 50.3 Å². The molecule has 38 heavy (non-hydrogen) atoms. The Hall–Kier alpha value is -2.71. The van der Waals surface area contributed by atoms with Crippen LogP contribution in [0, 0.1) is 11.6 Å². The van der Waals surface area contributed by atoms with Gasteiger partial charge in [-0.15, -0.1) is 0 Å². The SMILES string of the molecule is CCC(=O)COc1cc(F)cc(OC2CC(NC(C)CCC(C)c3cc(F)cc(O[C@@H](C)CNC)c3)C2)c1. The fourth-order valence-electron chi connectivity index (χ4n) is 4.60. The third kappa shape index (κ3) is 9.55. The molecule has 6 nitrogen and oxygen atoms in total. The first-order valence-corrected chi connectivity index (χ1v) is 13.6. The van der Waals surface area contributed by atoms with E-state index in [-0.39, 0.29) is 36.3 Å². The van der Waals surface area contributed by atoms with E-state index < -0.39 is 5.82 Å². The van der Waals surface area contributed by atoms with Crippen molar-refractivity contribution in [3.05, 3.63) is 53.6 Å². The summed E-state index contributed by atoms with van der Waals surface area (Å²) >= 11 is 0. The lowest BCUT2D eigenvalue weighted by Crippen LogP contribution is -2.49. The van der Waals surface area contributed by atoms with Crippen molar-refractivity contribution in [2.75, 3.05) is 20.2 Å². The second-order valence-corrected chi connectivity index (χ2v) is 10.5. The fraction of sp³-hybridized carbons (Fsp3) is 0.567. The summed E-state index contributed by atoms with van der Waals surface area (Å²) in [6, 6.07) is 9.82. The van der Waals surface area contributed by atoms with Crippen LogP contribution in [0.1, 0.15) is 71.3 Å². The summed E-state index contributed by atoms with van der Waals surface area (Å²) in [7, 11) is 1.86. The number of Topliss-reactive ketones (excluding diaryl/α,β-unsaturated/α-hetero) is 1. The van der Waals surface area contributed by atoms with Gasteiger partial charge in [-0.3, -0.25) is 4.79 Å². The first-order valence-electron chi connectivity index (χ1n) is 13.6. The van der Waals surface area contributed by atoms with E-state index in [2.05, 4.69) is 24.5 Å². The summed E-state index contributed by atoms with van der Waals surface area (Å²) in [5, 5.41) is 6.70. The van der Waals surface area contributed by atoms with Crippen LogP contribution in [0.2, 0.25) is 0 Å². The molecule has 0 spiro atoms. The molecule has 0 amide bonds. The molecular weight excluding hydrogens is 490 g/mol. The molecule has 0 radical (unpaired) electrons. The number of hydrogen-bond acceptors (Lipinski definition) is 6. The van der Waals surface area contributed by atoms with E-state index in [4.69, 9.17) is 14.2 Å². The van der Waals surface area contributed by atoms with Crippen molar-refractivity contribution < 1.29 is 27.8 Å². The molecule has 2 aromatic carbocycles. The summed E-state index contributed by atoms with van der Waals surface area (Å²) < 4.78 is 45.4. The van der Waals surface area contributed by atoms with Gasteiger partial charge in [0.15, 0.2) is 5.78 Å². The number of likely N-dealkylation sites (N-methyl/N-ethyl adjacent to an activating group) is 1. The maximum atomic E-state index is 14.2. The van der Waals surface area contributed by atoms with Crippen molar-refractivity contribution in [1.29, 1.82) is 0 Å². The summed E-state index contributed by atoms with van der Waals surface area (Å²) in [5.74, 6) is 0.689. The van der Waals surface area contributed by atoms with Gasteiger partial charge in [-0.2, -0.15) is 0 Å². The first-order chi connectivity index (χ1) is 18.1. The van der Waals surface area contributed by atoms with Gasteiger partial charge >= 0.3 is 0 Å². The topological polar surface area (TPSA) is 68.8 Å². The number of halogens is 2. The number of carbonyl (C=O) groups is 1. The molecule has 3 rings (SSSR count). The molecule has 0 aliphatic heterocycles. The number of carbonyl (C=O) groups excluding carboxylic acids is 1. The van der Waals surface area contributed by atoms with Gasteiger partial charge in [-0.05, 0) is 70.2 Å². The lowest BCUT2D eigenvalue weighted by molar-refractivity contribution is -0.120. The number of ketones is 1. The predicted molar refractivity (Wildman–Crippen MR) is 145 cm³/mol. The Morgan fingerprint density at radius 1 is 0.974 bits per heavy atom. The van der Waals surface area contributed by atoms with Gasteiger partial charge in [-0.25, -0.2) is 8.78 Å². The molecule has 0 heterocycles. The zero-order valence-corrected chi connectivity index (χ0v) is 23.2. The van der Waals surface area contributed by atoms with Gasteiger partial charge in [0.05, 0.1) is 0 Å². The van der Waals surface area contributed by atoms with E-state index in [0.29, 0.717) is 42.3 Å². The number of hydrogen-bond donors (Lipinski definition) is 2. The van der Waals surface area contributed by atoms with Gasteiger partial charge < -0.3 is 24.8 Å². The molecule has 1 aliphatic carbocycles. The Bertz CT molecular complexity index is 1040. The van der Waals surface area contributed by atoms with Gasteiger partial charge in [0.2, 0.25) is 0 Å². The van der Waals surface area contributed by atoms with Gasteiger partial charge in [0, 0.05) is 49.3 Å². The molecule has 1 saturated carbocycles. The van der Waals surface area contributed by atoms with E-state index in [1.807, 2.05) is 20.0 Å². The maximum absolute atomic E-state index is 14.2. The smallest absolute Gasteiger partial charge is 0.169 e. The molecule has 2 unspecified atom stereocenters. The van der Waals surface area contributed by atoms with E-state index in [1.54, 1.807) is 19.1 Å². The van der Waals surface area contributed by atoms with Crippen molar-refractivity contribution >= 4 is 5.78 Å². The maximum Gasteiger partial charge on any atom is 0.169 e. The van der Waals surface area contributed by atoms with Crippen LogP contribution in [0.5, 0.6) is 17.2 Å². The highest BCUT2D eigenvalue weighted by molar-refractivity contribution is 5.79. The summed E-state index contributed by atoms with van der Waals surface area (Å²) in [4.78, 5) is 11.5. The lowest BCUT2D eigenvalue weighted by Gasteiger charge is -2.38. The molecular formula is C30H42F2N2O4. The minimum Gasteiger partial charge on any atom is -0.490 e. The van der Waals surface area contributed by atoms with Crippen molar-refractivity contribution in [3.63, 3.8) is 0 Å². The molecule has 0 bridgehead atoms. The molecule has 1 fully saturated rings. The van der Waals surface area contributed by atoms with E-state index in [9.17, 15) is 13.6 Å². The Morgan fingerprint density at radius 2 is 1.66 bits per heavy atom. The minimum atomic E-state index is -0.456. The Morgan fingerprint density at radius 3 is 2.37 bits per heavy atom. The molecule has 1 aliphatic rings. The normalized spacial score (nSPS) is 19.2. The van der Waals surface area contributed by atoms with Crippen LogP contribution in [0.25, 0.3) is 0 Å². The Labute approximate surface area is 225 Å². The Kier molecular flexibility index (Phi) is 11.3. The van der Waals surface area contributed by atoms with E-state index in [0.717, 1.165) is 31.2 Å². The minimum absolute atomic E-state index is 0.00145. The van der Waals surface area contributed by atoms with Crippen LogP contribution in [0.15, 0.2) is 36.4 Å². The van der Waals surface area contributed by atoms with Crippen molar-refractivity contribution in [2.24, 2.45) is 0 Å². The second-order valence-electron chi connectivity index (χ2n) is 10.5. The van der Waals surface area contributed by atoms with E-state index >= 15 is 0 Å². The second kappa shape index (κ2) is 14.4. The Balaban J connectivity index is 1.41. The zero-order valence-electron chi connectivity index (χ0n) is 23.2. The van der Waals surface area contributed by atoms with Crippen LogP contribution in [-0.2, 0) is 4.79 Å². The molecule has 2 N–H and O–H groups in total. The lowest BCUT2D eigenvalue weighted by atomic mass is 9.87. The molecule has 210 valence electrons. The van der Waals surface area contributed by atoms with Crippen molar-refractivity contribution in [3.8, 4) is 17.2 Å². The average Bonchev–Trinajstić information content (AvgIpc) is 2.83. The van der Waals surface area contributed by atoms with Crippen molar-refractivity contribution in [2.45, 2.75) is 90.0 Å². The van der Waals surface area contributed by atoms with Crippen LogP contribution in [0.4, 0.5) is 8.78 Å². The predicted octanol–water partition coefficient (Wildman–Crippen LogP) is 5.78. The molecule has 0 saturated heterocycles. The average molecular weight is 533 g/mol. The highest BCUT2D eigenvalue weighted by Gasteiger charge is 2.31. The molecule has 3 atom stereocenters. The largest absolute Gasteiger partial charge is 0.490 e. The fourth-order valence-corrected chi connectivity index (χ4v) is 4.60. The number of ether oxygens (including phenoxy) is 3. The molecule has 8 heteroatoms. The molecule has 0 aromatic heterocycles. The highest BCUT2D eigenvalue weighted by atomic mass is 19.1. The highest BCUT2D eigenvalue weighted by Crippen LogP contribution is 2.31. The summed E-state index contributed by atoms with van der Waals surface area (Å²) in [5.41, 5.74) is 0.943. The van der Waals surface area contributed by atoms with Crippen molar-refractivity contribution in [1.82, 2.24) is 10.6 Å². The molecule has 2 aromatic rings. The third-order valence-electron chi connectivity index (χ3n) is 6.88. The summed E-state index contributed by atoms with van der Waals surface area (Å²) in [6.45, 7) is 8.61. The van der Waals surface area contributed by atoms with Gasteiger partial charge in [0.25, 0.3) is 0 Å². The van der Waals surface area contributed by atoms with Crippen LogP contribution < -0.4 is 24.8 Å². The van der Waals surface area contributed by atoms with Crippen LogP contribution in [0.3, 0.4) is 0 Å². The third-order valence-corrected chi connectivity index (χ3v) is 6.88. The number of rotatable bonds is 16. The number of benzene rings is 2. The standard InChI is InChI=1S/C30H42F2N2O4/c1-6-26(35)18-36-27-11-24(32)13-29(16-27)38-30-14-25(15-30)34-20(3)8-7-19(2)22-9-23(31)12-28(10-22)37-21(4)17-33-5/h9-13,16,19-21,25,30,33-34H,6-8,14-15,17-18H2,1-5H3/t19?,20?,21-,25?,30?/m0/s1. The van der Waals surface area contributed by atoms with E-state index in [1.165, 1.54) is 18.2 Å². The zero-order chi connectivity index (χ0) is 27.7. The summed E-state index contributed by atoms with van der Waals surface area (Å²) in [6.07, 6.45) is 3.87. The quantitative estimate of drug-likeness (QED) is 0.286. The van der Waals surface area contributed by atoms with Gasteiger partial charge in [0.1, 0.15) is 47.7 Å².